The van der Waals surface area contributed by atoms with E-state index in [1.807, 2.05) is 13.8 Å². The highest BCUT2D eigenvalue weighted by Gasteiger charge is 2.12. The van der Waals surface area contributed by atoms with Crippen molar-refractivity contribution in [3.63, 3.8) is 0 Å². The van der Waals surface area contributed by atoms with E-state index < -0.39 is 11.6 Å². The second-order valence-electron chi connectivity index (χ2n) is 5.14. The number of unbranched alkanes of at least 4 members (excludes halogenated alkanes) is 1. The summed E-state index contributed by atoms with van der Waals surface area (Å²) in [6.45, 7) is 5.75. The van der Waals surface area contributed by atoms with E-state index in [-0.39, 0.29) is 17.5 Å². The number of hydrogen-bond acceptors (Lipinski definition) is 2. The van der Waals surface area contributed by atoms with Gasteiger partial charge in [0.05, 0.1) is 6.61 Å². The molecule has 1 aromatic carbocycles. The lowest BCUT2D eigenvalue weighted by atomic mass is 10.0. The van der Waals surface area contributed by atoms with Crippen molar-refractivity contribution < 1.29 is 18.3 Å². The smallest absolute Gasteiger partial charge is 0.168 e. The van der Waals surface area contributed by atoms with Crippen LogP contribution >= 0.6 is 0 Å². The fraction of sp³-hybridized carbons (Fsp3) is 0.562. The summed E-state index contributed by atoms with van der Waals surface area (Å²) in [4.78, 5) is 11.5. The van der Waals surface area contributed by atoms with Crippen molar-refractivity contribution in [2.75, 3.05) is 6.61 Å². The molecule has 0 aromatic heterocycles. The number of Topliss-reactive ketones (excluding diaryl/α,β-unsaturated/α-hetero) is 1. The van der Waals surface area contributed by atoms with Crippen LogP contribution in [-0.2, 0) is 11.2 Å². The first-order valence-corrected chi connectivity index (χ1v) is 7.09. The Morgan fingerprint density at radius 1 is 1.25 bits per heavy atom. The molecule has 0 saturated heterocycles. The Hall–Kier alpha value is -1.45. The van der Waals surface area contributed by atoms with Gasteiger partial charge >= 0.3 is 0 Å². The molecule has 20 heavy (non-hydrogen) atoms. The number of hydrogen-bond donors (Lipinski definition) is 0. The summed E-state index contributed by atoms with van der Waals surface area (Å²) in [5.74, 6) is -0.794. The van der Waals surface area contributed by atoms with E-state index in [1.54, 1.807) is 6.92 Å². The van der Waals surface area contributed by atoms with Gasteiger partial charge in [0.25, 0.3) is 0 Å². The summed E-state index contributed by atoms with van der Waals surface area (Å²) in [5.41, 5.74) is 0.311. The predicted molar refractivity (Wildman–Crippen MR) is 74.9 cm³/mol. The van der Waals surface area contributed by atoms with Gasteiger partial charge < -0.3 is 4.74 Å². The van der Waals surface area contributed by atoms with Crippen LogP contribution in [0.4, 0.5) is 8.78 Å². The molecular weight excluding hydrogens is 262 g/mol. The summed E-state index contributed by atoms with van der Waals surface area (Å²) < 4.78 is 32.4. The number of carbonyl (C=O) groups is 1. The minimum Gasteiger partial charge on any atom is -0.491 e. The SMILES string of the molecule is CCOc1cc(F)cc(CCCCC(=O)C(C)C)c1F. The third-order valence-corrected chi connectivity index (χ3v) is 3.14. The molecule has 2 nitrogen and oxygen atoms in total. The van der Waals surface area contributed by atoms with Gasteiger partial charge in [-0.15, -0.1) is 0 Å². The quantitative estimate of drug-likeness (QED) is 0.665. The highest BCUT2D eigenvalue weighted by molar-refractivity contribution is 5.80. The van der Waals surface area contributed by atoms with Gasteiger partial charge in [-0.1, -0.05) is 13.8 Å². The number of rotatable bonds is 8. The fourth-order valence-electron chi connectivity index (χ4n) is 1.96. The van der Waals surface area contributed by atoms with Crippen molar-refractivity contribution in [1.82, 2.24) is 0 Å². The number of halogens is 2. The largest absolute Gasteiger partial charge is 0.491 e. The summed E-state index contributed by atoms with van der Waals surface area (Å²) >= 11 is 0. The molecule has 0 N–H and O–H groups in total. The zero-order valence-corrected chi connectivity index (χ0v) is 12.3. The van der Waals surface area contributed by atoms with Crippen molar-refractivity contribution in [2.45, 2.75) is 46.5 Å². The van der Waals surface area contributed by atoms with Gasteiger partial charge in [-0.3, -0.25) is 4.79 Å². The number of benzene rings is 1. The molecule has 0 saturated carbocycles. The normalized spacial score (nSPS) is 10.9. The molecule has 0 fully saturated rings. The molecule has 4 heteroatoms. The highest BCUT2D eigenvalue weighted by Crippen LogP contribution is 2.24. The summed E-state index contributed by atoms with van der Waals surface area (Å²) in [6.07, 6.45) is 2.25. The Bertz CT molecular complexity index is 456. The maximum Gasteiger partial charge on any atom is 0.168 e. The standard InChI is InChI=1S/C16H22F2O2/c1-4-20-15-10-13(17)9-12(16(15)18)7-5-6-8-14(19)11(2)3/h9-11H,4-8H2,1-3H3. The zero-order valence-electron chi connectivity index (χ0n) is 12.3. The van der Waals surface area contributed by atoms with Crippen LogP contribution in [0.15, 0.2) is 12.1 Å². The molecule has 0 bridgehead atoms. The van der Waals surface area contributed by atoms with Crippen LogP contribution in [0.1, 0.15) is 45.6 Å². The van der Waals surface area contributed by atoms with Crippen molar-refractivity contribution >= 4 is 5.78 Å². The Morgan fingerprint density at radius 3 is 2.55 bits per heavy atom. The first-order chi connectivity index (χ1) is 9.45. The molecule has 0 heterocycles. The Kier molecular flexibility index (Phi) is 6.62. The van der Waals surface area contributed by atoms with Crippen LogP contribution in [0.25, 0.3) is 0 Å². The predicted octanol–water partition coefficient (Wildman–Crippen LogP) is 4.30. The van der Waals surface area contributed by atoms with E-state index in [0.717, 1.165) is 6.07 Å². The zero-order chi connectivity index (χ0) is 15.1. The van der Waals surface area contributed by atoms with E-state index in [1.165, 1.54) is 6.07 Å². The van der Waals surface area contributed by atoms with Gasteiger partial charge in [-0.05, 0) is 37.8 Å². The lowest BCUT2D eigenvalue weighted by molar-refractivity contribution is -0.122. The van der Waals surface area contributed by atoms with Crippen LogP contribution in [0.3, 0.4) is 0 Å². The van der Waals surface area contributed by atoms with Crippen LogP contribution < -0.4 is 4.74 Å². The number of carbonyl (C=O) groups excluding carboxylic acids is 1. The topological polar surface area (TPSA) is 26.3 Å². The van der Waals surface area contributed by atoms with Crippen molar-refractivity contribution in [1.29, 1.82) is 0 Å². The van der Waals surface area contributed by atoms with E-state index in [4.69, 9.17) is 4.74 Å². The molecule has 0 aliphatic carbocycles. The molecule has 1 aromatic rings. The van der Waals surface area contributed by atoms with Gasteiger partial charge in [0, 0.05) is 18.4 Å². The lowest BCUT2D eigenvalue weighted by Crippen LogP contribution is -2.06. The first-order valence-electron chi connectivity index (χ1n) is 7.09. The Labute approximate surface area is 119 Å². The number of ketones is 1. The maximum absolute atomic E-state index is 14.0. The number of aryl methyl sites for hydroxylation is 1. The van der Waals surface area contributed by atoms with Crippen LogP contribution in [0, 0.1) is 17.6 Å². The average molecular weight is 284 g/mol. The average Bonchev–Trinajstić information content (AvgIpc) is 2.39. The van der Waals surface area contributed by atoms with Gasteiger partial charge in [0.15, 0.2) is 11.6 Å². The molecular formula is C16H22F2O2. The third kappa shape index (κ3) is 4.91. The molecule has 0 spiro atoms. The lowest BCUT2D eigenvalue weighted by Gasteiger charge is -2.09. The molecule has 0 unspecified atom stereocenters. The van der Waals surface area contributed by atoms with Gasteiger partial charge in [-0.2, -0.15) is 0 Å². The third-order valence-electron chi connectivity index (χ3n) is 3.14. The number of ether oxygens (including phenoxy) is 1. The van der Waals surface area contributed by atoms with Gasteiger partial charge in [-0.25, -0.2) is 8.78 Å². The molecule has 0 radical (unpaired) electrons. The summed E-state index contributed by atoms with van der Waals surface area (Å²) in [6, 6.07) is 2.26. The molecule has 1 rings (SSSR count). The van der Waals surface area contributed by atoms with E-state index in [2.05, 4.69) is 0 Å². The van der Waals surface area contributed by atoms with E-state index in [9.17, 15) is 13.6 Å². The monoisotopic (exact) mass is 284 g/mol. The molecule has 112 valence electrons. The molecule has 0 aliphatic rings. The molecule has 0 amide bonds. The van der Waals surface area contributed by atoms with Crippen molar-refractivity contribution in [3.8, 4) is 5.75 Å². The minimum absolute atomic E-state index is 0.0328. The van der Waals surface area contributed by atoms with Gasteiger partial charge in [0.1, 0.15) is 11.6 Å². The highest BCUT2D eigenvalue weighted by atomic mass is 19.1. The van der Waals surface area contributed by atoms with Crippen molar-refractivity contribution in [2.24, 2.45) is 5.92 Å². The maximum atomic E-state index is 14.0. The summed E-state index contributed by atoms with van der Waals surface area (Å²) in [7, 11) is 0. The molecule has 0 aliphatic heterocycles. The molecule has 0 atom stereocenters. The first kappa shape index (κ1) is 16.6. The van der Waals surface area contributed by atoms with Crippen LogP contribution in [-0.4, -0.2) is 12.4 Å². The Balaban J connectivity index is 2.57. The van der Waals surface area contributed by atoms with Crippen molar-refractivity contribution in [3.05, 3.63) is 29.3 Å². The minimum atomic E-state index is -0.497. The second-order valence-corrected chi connectivity index (χ2v) is 5.14. The van der Waals surface area contributed by atoms with Crippen LogP contribution in [0.2, 0.25) is 0 Å². The Morgan fingerprint density at radius 2 is 1.95 bits per heavy atom. The fourth-order valence-corrected chi connectivity index (χ4v) is 1.96. The van der Waals surface area contributed by atoms with Gasteiger partial charge in [0.2, 0.25) is 0 Å². The second kappa shape index (κ2) is 7.98. The van der Waals surface area contributed by atoms with E-state index >= 15 is 0 Å². The van der Waals surface area contributed by atoms with E-state index in [0.29, 0.717) is 37.9 Å². The van der Waals surface area contributed by atoms with Crippen LogP contribution in [0.5, 0.6) is 5.75 Å². The summed E-state index contributed by atoms with van der Waals surface area (Å²) in [5, 5.41) is 0.